The van der Waals surface area contributed by atoms with Crippen LogP contribution in [0.25, 0.3) is 10.9 Å². The number of thioether (sulfide) groups is 1. The Morgan fingerprint density at radius 1 is 0.902 bits per heavy atom. The van der Waals surface area contributed by atoms with E-state index in [4.69, 9.17) is 5.73 Å². The van der Waals surface area contributed by atoms with E-state index in [9.17, 15) is 18.0 Å². The molecule has 0 aliphatic carbocycles. The van der Waals surface area contributed by atoms with Crippen molar-refractivity contribution in [2.24, 2.45) is 0 Å². The van der Waals surface area contributed by atoms with E-state index in [1.54, 1.807) is 54.4 Å². The molecule has 2 atom stereocenters. The molecule has 6 N–H and O–H groups in total. The minimum Gasteiger partial charge on any atom is -0.399 e. The second kappa shape index (κ2) is 14.2. The first-order chi connectivity index (χ1) is 19.7. The third-order valence-corrected chi connectivity index (χ3v) is 8.63. The largest absolute Gasteiger partial charge is 0.399 e. The van der Waals surface area contributed by atoms with Gasteiger partial charge in [0.1, 0.15) is 12.1 Å². The van der Waals surface area contributed by atoms with Crippen LogP contribution >= 0.6 is 11.8 Å². The van der Waals surface area contributed by atoms with Gasteiger partial charge < -0.3 is 21.4 Å². The Bertz CT molecular complexity index is 1560. The molecule has 0 saturated carbocycles. The first-order valence-corrected chi connectivity index (χ1v) is 16.3. The van der Waals surface area contributed by atoms with E-state index in [2.05, 4.69) is 20.3 Å². The number of aromatic amines is 1. The number of carbonyl (C=O) groups excluding carboxylic acids is 2. The quantitative estimate of drug-likeness (QED) is 0.142. The van der Waals surface area contributed by atoms with Crippen molar-refractivity contribution >= 4 is 50.2 Å². The number of H-pyrrole nitrogens is 1. The number of aromatic nitrogens is 1. The molecule has 0 aliphatic heterocycles. The standard InChI is InChI=1S/C30H35N5O4S2/c1-40-16-15-27(29(36)33-18-21-11-13-24(31)14-12-21)34-30(37)28(17-23-19-32-26-10-6-5-9-25(23)26)35-41(38,39)20-22-7-3-2-4-8-22/h2-14,19,27-28,32,35H,15-18,20,31H2,1H3,(H,33,36)(H,34,37)/t27-,28+/m0/s1. The van der Waals surface area contributed by atoms with Crippen LogP contribution in [0.1, 0.15) is 23.1 Å². The summed E-state index contributed by atoms with van der Waals surface area (Å²) in [4.78, 5) is 30.0. The van der Waals surface area contributed by atoms with E-state index in [-0.39, 0.29) is 24.6 Å². The minimum absolute atomic E-state index is 0.103. The molecule has 41 heavy (non-hydrogen) atoms. The molecule has 4 aromatic rings. The monoisotopic (exact) mass is 593 g/mol. The van der Waals surface area contributed by atoms with E-state index >= 15 is 0 Å². The highest BCUT2D eigenvalue weighted by molar-refractivity contribution is 7.98. The summed E-state index contributed by atoms with van der Waals surface area (Å²) in [5, 5.41) is 6.59. The molecule has 216 valence electrons. The fourth-order valence-electron chi connectivity index (χ4n) is 4.49. The predicted octanol–water partition coefficient (Wildman–Crippen LogP) is 3.34. The summed E-state index contributed by atoms with van der Waals surface area (Å²) in [5.41, 5.74) is 9.52. The van der Waals surface area contributed by atoms with Gasteiger partial charge in [-0.15, -0.1) is 0 Å². The van der Waals surface area contributed by atoms with Gasteiger partial charge in [0.2, 0.25) is 21.8 Å². The summed E-state index contributed by atoms with van der Waals surface area (Å²) >= 11 is 1.55. The molecule has 0 unspecified atom stereocenters. The summed E-state index contributed by atoms with van der Waals surface area (Å²) in [6.07, 6.45) is 4.19. The fourth-order valence-corrected chi connectivity index (χ4v) is 6.29. The molecule has 1 aromatic heterocycles. The van der Waals surface area contributed by atoms with Crippen molar-refractivity contribution in [2.75, 3.05) is 17.7 Å². The van der Waals surface area contributed by atoms with Crippen molar-refractivity contribution < 1.29 is 18.0 Å². The van der Waals surface area contributed by atoms with Crippen LogP contribution in [0.4, 0.5) is 5.69 Å². The van der Waals surface area contributed by atoms with Crippen LogP contribution < -0.4 is 21.1 Å². The van der Waals surface area contributed by atoms with Crippen molar-refractivity contribution in [3.05, 3.63) is 102 Å². The van der Waals surface area contributed by atoms with Gasteiger partial charge in [-0.25, -0.2) is 13.1 Å². The van der Waals surface area contributed by atoms with Crippen LogP contribution in [0.15, 0.2) is 85.1 Å². The fraction of sp³-hybridized carbons (Fsp3) is 0.267. The number of carbonyl (C=O) groups is 2. The number of anilines is 1. The molecule has 11 heteroatoms. The Kier molecular flexibility index (Phi) is 10.4. The van der Waals surface area contributed by atoms with Gasteiger partial charge in [0.25, 0.3) is 0 Å². The van der Waals surface area contributed by atoms with Crippen molar-refractivity contribution in [3.8, 4) is 0 Å². The van der Waals surface area contributed by atoms with E-state index in [0.29, 0.717) is 23.4 Å². The maximum Gasteiger partial charge on any atom is 0.242 e. The molecule has 1 heterocycles. The number of hydrogen-bond donors (Lipinski definition) is 5. The summed E-state index contributed by atoms with van der Waals surface area (Å²) < 4.78 is 29.0. The Hall–Kier alpha value is -3.80. The van der Waals surface area contributed by atoms with Gasteiger partial charge in [0.15, 0.2) is 0 Å². The summed E-state index contributed by atoms with van der Waals surface area (Å²) in [6.45, 7) is 0.271. The van der Waals surface area contributed by atoms with Gasteiger partial charge in [-0.2, -0.15) is 11.8 Å². The van der Waals surface area contributed by atoms with Crippen molar-refractivity contribution in [3.63, 3.8) is 0 Å². The lowest BCUT2D eigenvalue weighted by molar-refractivity contribution is -0.129. The van der Waals surface area contributed by atoms with E-state index in [0.717, 1.165) is 22.0 Å². The smallest absolute Gasteiger partial charge is 0.242 e. The van der Waals surface area contributed by atoms with E-state index < -0.39 is 28.0 Å². The Balaban J connectivity index is 1.53. The third-order valence-electron chi connectivity index (χ3n) is 6.63. The van der Waals surface area contributed by atoms with Gasteiger partial charge in [0.05, 0.1) is 5.75 Å². The first-order valence-electron chi connectivity index (χ1n) is 13.2. The number of benzene rings is 3. The molecule has 4 rings (SSSR count). The zero-order valence-electron chi connectivity index (χ0n) is 22.8. The molecule has 0 radical (unpaired) electrons. The highest BCUT2D eigenvalue weighted by Crippen LogP contribution is 2.20. The SMILES string of the molecule is CSCC[C@H](NC(=O)[C@@H](Cc1c[nH]c2ccccc12)NS(=O)(=O)Cc1ccccc1)C(=O)NCc1ccc(N)cc1. The number of rotatable bonds is 14. The lowest BCUT2D eigenvalue weighted by Crippen LogP contribution is -2.54. The maximum absolute atomic E-state index is 13.7. The second-order valence-electron chi connectivity index (χ2n) is 9.78. The summed E-state index contributed by atoms with van der Waals surface area (Å²) in [5.74, 6) is -0.556. The lowest BCUT2D eigenvalue weighted by Gasteiger charge is -2.23. The molecular formula is C30H35N5O4S2. The van der Waals surface area contributed by atoms with Gasteiger partial charge >= 0.3 is 0 Å². The van der Waals surface area contributed by atoms with Gasteiger partial charge in [-0.05, 0) is 59.7 Å². The van der Waals surface area contributed by atoms with E-state index in [1.807, 2.05) is 48.7 Å². The topological polar surface area (TPSA) is 146 Å². The average Bonchev–Trinajstić information content (AvgIpc) is 3.37. The van der Waals surface area contributed by atoms with Gasteiger partial charge in [0, 0.05) is 29.3 Å². The average molecular weight is 594 g/mol. The summed E-state index contributed by atoms with van der Waals surface area (Å²) in [6, 6.07) is 21.6. The Labute approximate surface area is 244 Å². The first kappa shape index (κ1) is 30.2. The minimum atomic E-state index is -3.89. The molecule has 0 aliphatic rings. The maximum atomic E-state index is 13.7. The van der Waals surface area contributed by atoms with Gasteiger partial charge in [-0.3, -0.25) is 9.59 Å². The number of hydrogen-bond acceptors (Lipinski definition) is 6. The van der Waals surface area contributed by atoms with Crippen molar-refractivity contribution in [1.82, 2.24) is 20.3 Å². The Morgan fingerprint density at radius 3 is 2.34 bits per heavy atom. The number of sulfonamides is 1. The molecule has 0 saturated heterocycles. The summed E-state index contributed by atoms with van der Waals surface area (Å²) in [7, 11) is -3.89. The molecule has 3 aromatic carbocycles. The molecular weight excluding hydrogens is 558 g/mol. The van der Waals surface area contributed by atoms with Gasteiger partial charge in [-0.1, -0.05) is 60.7 Å². The van der Waals surface area contributed by atoms with Crippen molar-refractivity contribution in [2.45, 2.75) is 37.2 Å². The normalized spacial score (nSPS) is 13.0. The Morgan fingerprint density at radius 2 is 1.61 bits per heavy atom. The number of nitrogen functional groups attached to an aromatic ring is 1. The zero-order valence-corrected chi connectivity index (χ0v) is 24.4. The zero-order chi connectivity index (χ0) is 29.2. The number of para-hydroxylation sites is 1. The van der Waals surface area contributed by atoms with Crippen LogP contribution in [0.5, 0.6) is 0 Å². The number of fused-ring (bicyclic) bond motifs is 1. The predicted molar refractivity (Wildman–Crippen MR) is 166 cm³/mol. The molecule has 0 spiro atoms. The second-order valence-corrected chi connectivity index (χ2v) is 12.5. The van der Waals surface area contributed by atoms with E-state index in [1.165, 1.54) is 0 Å². The molecule has 9 nitrogen and oxygen atoms in total. The number of nitrogens with one attached hydrogen (secondary N) is 4. The van der Waals surface area contributed by atoms with Crippen LogP contribution in [0.2, 0.25) is 0 Å². The third kappa shape index (κ3) is 8.84. The van der Waals surface area contributed by atoms with Crippen LogP contribution in [-0.4, -0.2) is 49.3 Å². The number of nitrogens with two attached hydrogens (primary N) is 1. The molecule has 2 amide bonds. The lowest BCUT2D eigenvalue weighted by atomic mass is 10.0. The number of amides is 2. The molecule has 0 bridgehead atoms. The highest BCUT2D eigenvalue weighted by Gasteiger charge is 2.29. The van der Waals surface area contributed by atoms with Crippen molar-refractivity contribution in [1.29, 1.82) is 0 Å². The molecule has 0 fully saturated rings. The van der Waals surface area contributed by atoms with Crippen LogP contribution in [0, 0.1) is 0 Å². The van der Waals surface area contributed by atoms with Crippen LogP contribution in [-0.2, 0) is 38.3 Å². The van der Waals surface area contributed by atoms with Crippen LogP contribution in [0.3, 0.4) is 0 Å². The highest BCUT2D eigenvalue weighted by atomic mass is 32.2.